The van der Waals surface area contributed by atoms with Gasteiger partial charge < -0.3 is 19.9 Å². The van der Waals surface area contributed by atoms with Gasteiger partial charge in [0, 0.05) is 17.5 Å². The first-order chi connectivity index (χ1) is 14.7. The molecule has 4 rings (SSSR count). The normalized spacial score (nSPS) is 19.4. The number of nitrogens with zero attached hydrogens (tertiary/aromatic N) is 1. The lowest BCUT2D eigenvalue weighted by atomic mass is 9.87. The number of rotatable bonds is 4. The number of alkyl carbamates (subject to hydrolysis) is 1. The van der Waals surface area contributed by atoms with Gasteiger partial charge in [0.15, 0.2) is 6.10 Å². The molecule has 0 fully saturated rings. The van der Waals surface area contributed by atoms with Crippen molar-refractivity contribution in [2.24, 2.45) is 0 Å². The largest absolute Gasteiger partial charge is 0.485 e. The number of ether oxygens (including phenoxy) is 2. The monoisotopic (exact) mass is 440 g/mol. The second-order valence-corrected chi connectivity index (χ2v) is 8.69. The van der Waals surface area contributed by atoms with Gasteiger partial charge in [-0.3, -0.25) is 0 Å². The van der Waals surface area contributed by atoms with Crippen LogP contribution >= 0.6 is 11.6 Å². The molecule has 1 aliphatic heterocycles. The van der Waals surface area contributed by atoms with Crippen LogP contribution < -0.4 is 10.1 Å². The van der Waals surface area contributed by atoms with Crippen molar-refractivity contribution >= 4 is 28.6 Å². The number of aliphatic hydroxyl groups is 1. The van der Waals surface area contributed by atoms with Gasteiger partial charge in [-0.25, -0.2) is 9.78 Å². The zero-order valence-corrected chi connectivity index (χ0v) is 18.4. The van der Waals surface area contributed by atoms with Crippen molar-refractivity contribution in [1.82, 2.24) is 10.3 Å². The second-order valence-electron chi connectivity index (χ2n) is 8.31. The molecule has 0 spiro atoms. The fraction of sp³-hybridized carbons (Fsp3) is 0.333. The van der Waals surface area contributed by atoms with E-state index in [2.05, 4.69) is 10.3 Å². The van der Waals surface area contributed by atoms with E-state index >= 15 is 0 Å². The summed E-state index contributed by atoms with van der Waals surface area (Å²) in [6.07, 6.45) is -1.88. The molecule has 2 N–H and O–H groups in total. The first-order valence-corrected chi connectivity index (χ1v) is 10.6. The molecule has 6 nitrogen and oxygen atoms in total. The highest BCUT2D eigenvalue weighted by molar-refractivity contribution is 6.29. The Hall–Kier alpha value is -2.83. The highest BCUT2D eigenvalue weighted by atomic mass is 35.5. The van der Waals surface area contributed by atoms with Crippen LogP contribution in [-0.4, -0.2) is 34.4 Å². The number of aliphatic hydroxyl groups excluding tert-OH is 1. The van der Waals surface area contributed by atoms with Gasteiger partial charge in [0.25, 0.3) is 0 Å². The third-order valence-electron chi connectivity index (χ3n) is 5.55. The molecule has 0 saturated heterocycles. The Bertz CT molecular complexity index is 1120. The fourth-order valence-corrected chi connectivity index (χ4v) is 4.08. The molecule has 2 heterocycles. The van der Waals surface area contributed by atoms with Crippen molar-refractivity contribution in [1.29, 1.82) is 0 Å². The zero-order valence-electron chi connectivity index (χ0n) is 17.7. The number of carbonyl (C=O) groups excluding carboxylic acids is 1. The van der Waals surface area contributed by atoms with Gasteiger partial charge in [-0.1, -0.05) is 41.9 Å². The average molecular weight is 441 g/mol. The SMILES string of the molecule is Cc1cc(Cl)nc2cc3c(cc12)OC(C)(C)[C@H](O)[C@H]3OC(=O)NCCc1ccccc1. The number of amides is 1. The van der Waals surface area contributed by atoms with Gasteiger partial charge in [0.1, 0.15) is 22.6 Å². The molecule has 31 heavy (non-hydrogen) atoms. The molecule has 1 aromatic heterocycles. The summed E-state index contributed by atoms with van der Waals surface area (Å²) in [5.41, 5.74) is 2.35. The van der Waals surface area contributed by atoms with Crippen LogP contribution in [0.1, 0.15) is 36.6 Å². The summed E-state index contributed by atoms with van der Waals surface area (Å²) in [7, 11) is 0. The molecule has 0 bridgehead atoms. The van der Waals surface area contributed by atoms with E-state index < -0.39 is 23.9 Å². The standard InChI is InChI=1S/C24H25ClN2O4/c1-14-11-20(25)27-18-12-17-19(13-16(14)18)31-24(2,3)22(28)21(17)30-23(29)26-10-9-15-7-5-4-6-8-15/h4-8,11-13,21-22,28H,9-10H2,1-3H3,(H,26,29)/t21-,22+/m0/s1. The maximum atomic E-state index is 12.5. The molecule has 0 aliphatic carbocycles. The lowest BCUT2D eigenvalue weighted by Gasteiger charge is -2.41. The minimum Gasteiger partial charge on any atom is -0.485 e. The van der Waals surface area contributed by atoms with Crippen molar-refractivity contribution in [3.63, 3.8) is 0 Å². The molecule has 2 atom stereocenters. The van der Waals surface area contributed by atoms with Gasteiger partial charge in [-0.2, -0.15) is 0 Å². The van der Waals surface area contributed by atoms with E-state index in [0.29, 0.717) is 34.9 Å². The van der Waals surface area contributed by atoms with Crippen LogP contribution in [0.25, 0.3) is 10.9 Å². The van der Waals surface area contributed by atoms with E-state index in [1.165, 1.54) is 0 Å². The number of aryl methyl sites for hydroxylation is 1. The minimum atomic E-state index is -1.06. The van der Waals surface area contributed by atoms with E-state index in [0.717, 1.165) is 16.5 Å². The predicted octanol–water partition coefficient (Wildman–Crippen LogP) is 4.74. The molecule has 3 aromatic rings. The Kier molecular flexibility index (Phi) is 5.77. The Labute approximate surface area is 186 Å². The Balaban J connectivity index is 1.58. The number of aromatic nitrogens is 1. The molecule has 0 saturated carbocycles. The van der Waals surface area contributed by atoms with Gasteiger partial charge >= 0.3 is 6.09 Å². The Morgan fingerprint density at radius 1 is 1.26 bits per heavy atom. The third kappa shape index (κ3) is 4.45. The first-order valence-electron chi connectivity index (χ1n) is 10.2. The zero-order chi connectivity index (χ0) is 22.2. The average Bonchev–Trinajstić information content (AvgIpc) is 2.71. The summed E-state index contributed by atoms with van der Waals surface area (Å²) in [5.74, 6) is 0.553. The van der Waals surface area contributed by atoms with E-state index in [-0.39, 0.29) is 0 Å². The summed E-state index contributed by atoms with van der Waals surface area (Å²) in [6, 6.07) is 15.3. The topological polar surface area (TPSA) is 80.7 Å². The number of carbonyl (C=O) groups is 1. The van der Waals surface area contributed by atoms with Crippen LogP contribution in [0, 0.1) is 6.92 Å². The molecular weight excluding hydrogens is 416 g/mol. The summed E-state index contributed by atoms with van der Waals surface area (Å²) in [4.78, 5) is 16.9. The van der Waals surface area contributed by atoms with Gasteiger partial charge in [-0.05, 0) is 56.5 Å². The van der Waals surface area contributed by atoms with E-state index in [1.807, 2.05) is 43.3 Å². The summed E-state index contributed by atoms with van der Waals surface area (Å²) < 4.78 is 11.7. The van der Waals surface area contributed by atoms with Crippen LogP contribution in [0.15, 0.2) is 48.5 Å². The number of nitrogens with one attached hydrogen (secondary N) is 1. The first kappa shape index (κ1) is 21.4. The molecule has 0 radical (unpaired) electrons. The van der Waals surface area contributed by atoms with Gasteiger partial charge in [-0.15, -0.1) is 0 Å². The van der Waals surface area contributed by atoms with Crippen molar-refractivity contribution in [3.8, 4) is 5.75 Å². The lowest BCUT2D eigenvalue weighted by molar-refractivity contribution is -0.113. The maximum absolute atomic E-state index is 12.5. The second kappa shape index (κ2) is 8.36. The van der Waals surface area contributed by atoms with E-state index in [9.17, 15) is 9.90 Å². The molecule has 2 aromatic carbocycles. The molecule has 1 amide bonds. The lowest BCUT2D eigenvalue weighted by Crippen LogP contribution is -2.50. The van der Waals surface area contributed by atoms with Crippen molar-refractivity contribution < 1.29 is 19.4 Å². The molecular formula is C24H25ClN2O4. The fourth-order valence-electron chi connectivity index (χ4n) is 3.82. The summed E-state index contributed by atoms with van der Waals surface area (Å²) in [5, 5.41) is 14.9. The highest BCUT2D eigenvalue weighted by Gasteiger charge is 2.45. The smallest absolute Gasteiger partial charge is 0.407 e. The van der Waals surface area contributed by atoms with Gasteiger partial charge in [0.2, 0.25) is 0 Å². The quantitative estimate of drug-likeness (QED) is 0.573. The van der Waals surface area contributed by atoms with Crippen molar-refractivity contribution in [3.05, 3.63) is 70.4 Å². The molecule has 7 heteroatoms. The number of halogens is 1. The Morgan fingerprint density at radius 3 is 2.74 bits per heavy atom. The Morgan fingerprint density at radius 2 is 2.00 bits per heavy atom. The van der Waals surface area contributed by atoms with Crippen molar-refractivity contribution in [2.45, 2.75) is 45.0 Å². The van der Waals surface area contributed by atoms with Crippen LogP contribution in [0.4, 0.5) is 4.79 Å². The third-order valence-corrected chi connectivity index (χ3v) is 5.75. The minimum absolute atomic E-state index is 0.374. The van der Waals surface area contributed by atoms with Crippen LogP contribution in [-0.2, 0) is 11.2 Å². The predicted molar refractivity (Wildman–Crippen MR) is 120 cm³/mol. The number of pyridine rings is 1. The van der Waals surface area contributed by atoms with E-state index in [4.69, 9.17) is 21.1 Å². The van der Waals surface area contributed by atoms with Crippen molar-refractivity contribution in [2.75, 3.05) is 6.54 Å². The van der Waals surface area contributed by atoms with Crippen LogP contribution in [0.3, 0.4) is 0 Å². The number of hydrogen-bond donors (Lipinski definition) is 2. The maximum Gasteiger partial charge on any atom is 0.407 e. The number of benzene rings is 2. The summed E-state index contributed by atoms with van der Waals surface area (Å²) >= 11 is 6.12. The number of hydrogen-bond acceptors (Lipinski definition) is 5. The van der Waals surface area contributed by atoms with Crippen LogP contribution in [0.2, 0.25) is 5.15 Å². The molecule has 1 aliphatic rings. The van der Waals surface area contributed by atoms with Gasteiger partial charge in [0.05, 0.1) is 5.52 Å². The van der Waals surface area contributed by atoms with Crippen LogP contribution in [0.5, 0.6) is 5.75 Å². The highest BCUT2D eigenvalue weighted by Crippen LogP contribution is 2.44. The molecule has 162 valence electrons. The van der Waals surface area contributed by atoms with E-state index in [1.54, 1.807) is 26.0 Å². The summed E-state index contributed by atoms with van der Waals surface area (Å²) in [6.45, 7) is 5.90. The molecule has 0 unspecified atom stereocenters. The number of fused-ring (bicyclic) bond motifs is 2.